The SMILES string of the molecule is C/C=C\c1ccc(C(=O)[N-]C(=O)Cc2ccc(F)cc2)c(OC)c1N.[Na+]. The maximum absolute atomic E-state index is 12.9. The molecule has 0 heterocycles. The molecule has 2 aromatic rings. The van der Waals surface area contributed by atoms with Gasteiger partial charge in [-0.15, -0.1) is 0 Å². The number of ether oxygens (including phenoxy) is 1. The molecule has 0 unspecified atom stereocenters. The zero-order valence-electron chi connectivity index (χ0n) is 15.0. The van der Waals surface area contributed by atoms with Crippen LogP contribution in [0.3, 0.4) is 0 Å². The number of imide groups is 1. The Hall–Kier alpha value is -2.15. The Morgan fingerprint density at radius 1 is 1.19 bits per heavy atom. The molecule has 0 saturated heterocycles. The summed E-state index contributed by atoms with van der Waals surface area (Å²) in [5, 5.41) is 3.57. The van der Waals surface area contributed by atoms with Gasteiger partial charge in [0.2, 0.25) is 0 Å². The van der Waals surface area contributed by atoms with Gasteiger partial charge < -0.3 is 25.4 Å². The fourth-order valence-corrected chi connectivity index (χ4v) is 2.32. The van der Waals surface area contributed by atoms with Crippen LogP contribution in [0, 0.1) is 5.82 Å². The fourth-order valence-electron chi connectivity index (χ4n) is 2.32. The number of halogens is 1. The quantitative estimate of drug-likeness (QED) is 0.627. The minimum absolute atomic E-state index is 0. The number of carbonyl (C=O) groups excluding carboxylic acids is 2. The number of allylic oxidation sites excluding steroid dienone is 1. The van der Waals surface area contributed by atoms with Crippen LogP contribution in [-0.2, 0) is 11.2 Å². The number of carbonyl (C=O) groups is 2. The van der Waals surface area contributed by atoms with E-state index in [-0.39, 0.29) is 47.3 Å². The van der Waals surface area contributed by atoms with Crippen molar-refractivity contribution in [2.75, 3.05) is 12.8 Å². The molecule has 0 atom stereocenters. The zero-order chi connectivity index (χ0) is 18.4. The molecule has 0 bridgehead atoms. The van der Waals surface area contributed by atoms with E-state index >= 15 is 0 Å². The van der Waals surface area contributed by atoms with Gasteiger partial charge in [-0.3, -0.25) is 0 Å². The maximum Gasteiger partial charge on any atom is 1.00 e. The second-order valence-corrected chi connectivity index (χ2v) is 5.26. The first-order valence-corrected chi connectivity index (χ1v) is 7.58. The first-order chi connectivity index (χ1) is 12.0. The van der Waals surface area contributed by atoms with Crippen LogP contribution in [0.1, 0.15) is 28.4 Å². The third-order valence-corrected chi connectivity index (χ3v) is 3.51. The molecule has 2 rings (SSSR count). The standard InChI is InChI=1S/C19H19FN2O3.Na/c1-3-4-13-7-10-15(18(25-2)17(13)21)19(24)22-16(23)11-12-5-8-14(20)9-6-12;/h3-10H,11,21H2,1-2H3,(H,22,23,24);/q;+1/p-1/b4-3-;. The summed E-state index contributed by atoms with van der Waals surface area (Å²) < 4.78 is 18.1. The van der Waals surface area contributed by atoms with E-state index in [1.54, 1.807) is 12.1 Å². The largest absolute Gasteiger partial charge is 1.00 e. The molecule has 0 spiro atoms. The number of methoxy groups -OCH3 is 1. The topological polar surface area (TPSA) is 83.5 Å². The van der Waals surface area contributed by atoms with Crippen molar-refractivity contribution >= 4 is 23.6 Å². The van der Waals surface area contributed by atoms with Crippen LogP contribution in [0.5, 0.6) is 5.75 Å². The number of anilines is 1. The Morgan fingerprint density at radius 3 is 2.42 bits per heavy atom. The van der Waals surface area contributed by atoms with E-state index < -0.39 is 17.6 Å². The van der Waals surface area contributed by atoms with Gasteiger partial charge in [-0.05, 0) is 30.7 Å². The predicted molar refractivity (Wildman–Crippen MR) is 94.9 cm³/mol. The van der Waals surface area contributed by atoms with Crippen LogP contribution in [0.4, 0.5) is 10.1 Å². The normalized spacial score (nSPS) is 10.3. The summed E-state index contributed by atoms with van der Waals surface area (Å²) in [5.41, 5.74) is 7.68. The van der Waals surface area contributed by atoms with Gasteiger partial charge in [-0.25, -0.2) is 4.39 Å². The van der Waals surface area contributed by atoms with E-state index in [1.165, 1.54) is 37.4 Å². The van der Waals surface area contributed by atoms with E-state index in [1.807, 2.05) is 13.0 Å². The van der Waals surface area contributed by atoms with Crippen LogP contribution in [0.2, 0.25) is 0 Å². The van der Waals surface area contributed by atoms with E-state index in [0.717, 1.165) is 0 Å². The maximum atomic E-state index is 12.9. The molecule has 0 aliphatic heterocycles. The minimum Gasteiger partial charge on any atom is -0.591 e. The molecule has 0 fully saturated rings. The molecule has 0 radical (unpaired) electrons. The van der Waals surface area contributed by atoms with Gasteiger partial charge in [0.15, 0.2) is 5.75 Å². The van der Waals surface area contributed by atoms with E-state index in [0.29, 0.717) is 16.8 Å². The Morgan fingerprint density at radius 2 is 1.85 bits per heavy atom. The Balaban J connectivity index is 0.00000338. The van der Waals surface area contributed by atoms with Crippen LogP contribution >= 0.6 is 0 Å². The van der Waals surface area contributed by atoms with Crippen molar-refractivity contribution in [2.45, 2.75) is 13.3 Å². The fraction of sp³-hybridized carbons (Fsp3) is 0.158. The minimum atomic E-state index is -0.734. The van der Waals surface area contributed by atoms with E-state index in [2.05, 4.69) is 5.32 Å². The molecular formula is C19H18FN2NaO3. The van der Waals surface area contributed by atoms with Crippen molar-refractivity contribution < 1.29 is 48.3 Å². The van der Waals surface area contributed by atoms with Crippen molar-refractivity contribution in [1.82, 2.24) is 0 Å². The van der Waals surface area contributed by atoms with Crippen molar-refractivity contribution in [3.05, 3.63) is 70.3 Å². The summed E-state index contributed by atoms with van der Waals surface area (Å²) in [6.45, 7) is 1.84. The summed E-state index contributed by atoms with van der Waals surface area (Å²) >= 11 is 0. The van der Waals surface area contributed by atoms with E-state index in [4.69, 9.17) is 10.5 Å². The molecule has 26 heavy (non-hydrogen) atoms. The van der Waals surface area contributed by atoms with E-state index in [9.17, 15) is 14.0 Å². The first-order valence-electron chi connectivity index (χ1n) is 7.58. The average molecular weight is 364 g/mol. The molecule has 0 aliphatic rings. The molecule has 0 saturated carbocycles. The molecule has 0 aliphatic carbocycles. The number of hydrogen-bond donors (Lipinski definition) is 1. The Kier molecular flexibility index (Phi) is 8.51. The third kappa shape index (κ3) is 5.42. The number of nitrogen functional groups attached to an aromatic ring is 1. The molecule has 130 valence electrons. The van der Waals surface area contributed by atoms with Crippen LogP contribution in [0.25, 0.3) is 11.4 Å². The summed E-state index contributed by atoms with van der Waals surface area (Å²) in [6.07, 6.45) is 3.49. The number of hydrogen-bond acceptors (Lipinski definition) is 4. The monoisotopic (exact) mass is 364 g/mol. The number of benzene rings is 2. The van der Waals surface area contributed by atoms with Crippen molar-refractivity contribution in [1.29, 1.82) is 0 Å². The molecule has 7 heteroatoms. The van der Waals surface area contributed by atoms with Crippen molar-refractivity contribution in [2.24, 2.45) is 0 Å². The third-order valence-electron chi connectivity index (χ3n) is 3.51. The second kappa shape index (κ2) is 10.1. The smallest absolute Gasteiger partial charge is 0.591 e. The average Bonchev–Trinajstić information content (AvgIpc) is 2.58. The summed E-state index contributed by atoms with van der Waals surface area (Å²) in [4.78, 5) is 24.3. The number of rotatable bonds is 5. The Labute approximate surface area is 173 Å². The number of nitrogens with two attached hydrogens (primary N) is 1. The first kappa shape index (κ1) is 21.9. The summed E-state index contributed by atoms with van der Waals surface area (Å²) in [6, 6.07) is 8.60. The van der Waals surface area contributed by atoms with Crippen molar-refractivity contribution in [3.63, 3.8) is 0 Å². The van der Waals surface area contributed by atoms with Crippen LogP contribution < -0.4 is 40.0 Å². The number of nitrogens with zero attached hydrogens (tertiary/aromatic N) is 1. The Bertz CT molecular complexity index is 820. The van der Waals surface area contributed by atoms with Gasteiger partial charge in [-0.2, -0.15) is 0 Å². The van der Waals surface area contributed by atoms with Gasteiger partial charge in [0.05, 0.1) is 24.6 Å². The van der Waals surface area contributed by atoms with Gasteiger partial charge in [0, 0.05) is 17.5 Å². The summed E-state index contributed by atoms with van der Waals surface area (Å²) in [5.74, 6) is -1.58. The second-order valence-electron chi connectivity index (χ2n) is 5.26. The van der Waals surface area contributed by atoms with Crippen LogP contribution in [0.15, 0.2) is 42.5 Å². The number of amides is 2. The van der Waals surface area contributed by atoms with Gasteiger partial charge in [0.1, 0.15) is 5.82 Å². The molecule has 0 aromatic heterocycles. The molecule has 2 amide bonds. The zero-order valence-corrected chi connectivity index (χ0v) is 17.0. The summed E-state index contributed by atoms with van der Waals surface area (Å²) in [7, 11) is 1.39. The van der Waals surface area contributed by atoms with Gasteiger partial charge >= 0.3 is 29.6 Å². The molecular weight excluding hydrogens is 346 g/mol. The van der Waals surface area contributed by atoms with Crippen molar-refractivity contribution in [3.8, 4) is 5.75 Å². The van der Waals surface area contributed by atoms with Gasteiger partial charge in [-0.1, -0.05) is 30.4 Å². The van der Waals surface area contributed by atoms with Gasteiger partial charge in [0.25, 0.3) is 0 Å². The molecule has 2 aromatic carbocycles. The molecule has 5 nitrogen and oxygen atoms in total. The van der Waals surface area contributed by atoms with Crippen LogP contribution in [-0.4, -0.2) is 18.9 Å². The molecule has 2 N–H and O–H groups in total. The predicted octanol–water partition coefficient (Wildman–Crippen LogP) is 0.737.